The molecule has 0 aliphatic heterocycles. The summed E-state index contributed by atoms with van der Waals surface area (Å²) in [6.07, 6.45) is 2.10. The maximum absolute atomic E-state index is 11.3. The van der Waals surface area contributed by atoms with E-state index in [4.69, 9.17) is 5.73 Å². The molecule has 0 spiro atoms. The van der Waals surface area contributed by atoms with Gasteiger partial charge < -0.3 is 16.4 Å². The predicted octanol–water partition coefficient (Wildman–Crippen LogP) is 1.76. The van der Waals surface area contributed by atoms with E-state index in [1.807, 2.05) is 24.3 Å². The van der Waals surface area contributed by atoms with Gasteiger partial charge in [-0.2, -0.15) is 5.10 Å². The van der Waals surface area contributed by atoms with Crippen molar-refractivity contribution in [1.82, 2.24) is 20.5 Å². The summed E-state index contributed by atoms with van der Waals surface area (Å²) >= 11 is 0. The summed E-state index contributed by atoms with van der Waals surface area (Å²) in [5.74, 6) is 0.423. The molecule has 0 radical (unpaired) electrons. The molecule has 7 heteroatoms. The average Bonchev–Trinajstić information content (AvgIpc) is 3.08. The van der Waals surface area contributed by atoms with Gasteiger partial charge in [-0.1, -0.05) is 12.1 Å². The number of hydrogen-bond acceptors (Lipinski definition) is 5. The van der Waals surface area contributed by atoms with Crippen LogP contribution in [0.4, 0.5) is 11.5 Å². The molecule has 0 atom stereocenters. The topological polar surface area (TPSA) is 109 Å². The number of hydrogen-bond donors (Lipinski definition) is 4. The van der Waals surface area contributed by atoms with Gasteiger partial charge in [0.1, 0.15) is 5.82 Å². The number of amides is 1. The van der Waals surface area contributed by atoms with Crippen molar-refractivity contribution in [2.45, 2.75) is 6.42 Å². The fraction of sp³-hybridized carbons (Fsp3) is 0.188. The second-order valence-corrected chi connectivity index (χ2v) is 5.15. The summed E-state index contributed by atoms with van der Waals surface area (Å²) in [5.41, 5.74) is 9.47. The molecular formula is C16H18N6O. The molecule has 3 aromatic rings. The Bertz CT molecular complexity index is 828. The first-order chi connectivity index (χ1) is 11.2. The Morgan fingerprint density at radius 1 is 1.30 bits per heavy atom. The van der Waals surface area contributed by atoms with Gasteiger partial charge in [-0.25, -0.2) is 4.98 Å². The van der Waals surface area contributed by atoms with Crippen molar-refractivity contribution in [3.8, 4) is 11.3 Å². The number of carbonyl (C=O) groups excluding carboxylic acids is 1. The number of nitrogens with two attached hydrogens (primary N) is 1. The van der Waals surface area contributed by atoms with Crippen LogP contribution in [-0.2, 0) is 4.79 Å². The second-order valence-electron chi connectivity index (χ2n) is 5.15. The lowest BCUT2D eigenvalue weighted by Gasteiger charge is -2.11. The van der Waals surface area contributed by atoms with Crippen LogP contribution in [0.3, 0.4) is 0 Å². The second kappa shape index (κ2) is 6.35. The summed E-state index contributed by atoms with van der Waals surface area (Å²) in [7, 11) is 1.62. The van der Waals surface area contributed by atoms with Gasteiger partial charge in [0.25, 0.3) is 0 Å². The van der Waals surface area contributed by atoms with Crippen LogP contribution in [0.5, 0.6) is 0 Å². The van der Waals surface area contributed by atoms with Crippen LogP contribution in [-0.4, -0.2) is 34.7 Å². The van der Waals surface area contributed by atoms with Gasteiger partial charge in [-0.15, -0.1) is 0 Å². The van der Waals surface area contributed by atoms with Gasteiger partial charge in [0.15, 0.2) is 0 Å². The first-order valence-corrected chi connectivity index (χ1v) is 7.32. The maximum atomic E-state index is 11.3. The Hall–Kier alpha value is -3.09. The number of nitrogen functional groups attached to an aromatic ring is 1. The summed E-state index contributed by atoms with van der Waals surface area (Å²) in [5, 5.41) is 13.7. The number of anilines is 2. The molecule has 23 heavy (non-hydrogen) atoms. The molecule has 2 heterocycles. The number of aromatic nitrogens is 3. The van der Waals surface area contributed by atoms with Gasteiger partial charge in [0, 0.05) is 48.9 Å². The molecule has 2 aromatic heterocycles. The zero-order valence-corrected chi connectivity index (χ0v) is 12.8. The van der Waals surface area contributed by atoms with Crippen molar-refractivity contribution in [1.29, 1.82) is 0 Å². The van der Waals surface area contributed by atoms with Crippen molar-refractivity contribution in [3.63, 3.8) is 0 Å². The summed E-state index contributed by atoms with van der Waals surface area (Å²) in [6, 6.07) is 9.62. The number of carbonyl (C=O) groups is 1. The van der Waals surface area contributed by atoms with Crippen LogP contribution in [0, 0.1) is 0 Å². The van der Waals surface area contributed by atoms with Crippen molar-refractivity contribution >= 4 is 28.3 Å². The summed E-state index contributed by atoms with van der Waals surface area (Å²) in [6.45, 7) is 0.528. The standard InChI is InChI=1S/C16H18N6O/c1-18-16(23)5-6-19-13-9-15(17)21-14-8-10(2-3-11(13)14)12-4-7-20-22-12/h2-4,7-9H,5-6H2,1H3,(H,18,23)(H,20,22)(H3,17,19,21). The third-order valence-electron chi connectivity index (χ3n) is 3.59. The molecule has 0 unspecified atom stereocenters. The van der Waals surface area contributed by atoms with Crippen LogP contribution in [0.25, 0.3) is 22.2 Å². The summed E-state index contributed by atoms with van der Waals surface area (Å²) in [4.78, 5) is 15.7. The monoisotopic (exact) mass is 310 g/mol. The minimum Gasteiger partial charge on any atom is -0.384 e. The zero-order valence-electron chi connectivity index (χ0n) is 12.8. The molecule has 118 valence electrons. The molecule has 3 rings (SSSR count). The molecule has 0 saturated carbocycles. The first-order valence-electron chi connectivity index (χ1n) is 7.32. The van der Waals surface area contributed by atoms with Crippen LogP contribution >= 0.6 is 0 Å². The van der Waals surface area contributed by atoms with E-state index in [-0.39, 0.29) is 5.91 Å². The van der Waals surface area contributed by atoms with E-state index in [1.165, 1.54) is 0 Å². The van der Waals surface area contributed by atoms with E-state index in [2.05, 4.69) is 25.8 Å². The number of rotatable bonds is 5. The Morgan fingerprint density at radius 2 is 2.17 bits per heavy atom. The first kappa shape index (κ1) is 14.8. The number of H-pyrrole nitrogens is 1. The highest BCUT2D eigenvalue weighted by molar-refractivity contribution is 5.95. The van der Waals surface area contributed by atoms with Crippen LogP contribution < -0.4 is 16.4 Å². The molecular weight excluding hydrogens is 292 g/mol. The van der Waals surface area contributed by atoms with E-state index in [1.54, 1.807) is 19.3 Å². The highest BCUT2D eigenvalue weighted by atomic mass is 16.1. The highest BCUT2D eigenvalue weighted by Gasteiger charge is 2.08. The van der Waals surface area contributed by atoms with E-state index in [0.29, 0.717) is 18.8 Å². The number of pyridine rings is 1. The molecule has 0 fully saturated rings. The molecule has 0 aliphatic rings. The lowest BCUT2D eigenvalue weighted by atomic mass is 10.1. The molecule has 1 aromatic carbocycles. The quantitative estimate of drug-likeness (QED) is 0.574. The van der Waals surface area contributed by atoms with Gasteiger partial charge >= 0.3 is 0 Å². The zero-order chi connectivity index (χ0) is 16.2. The third kappa shape index (κ3) is 3.23. The number of fused-ring (bicyclic) bond motifs is 1. The molecule has 0 saturated heterocycles. The normalized spacial score (nSPS) is 10.7. The molecule has 7 nitrogen and oxygen atoms in total. The van der Waals surface area contributed by atoms with E-state index in [9.17, 15) is 4.79 Å². The van der Waals surface area contributed by atoms with Gasteiger partial charge in [-0.05, 0) is 12.1 Å². The third-order valence-corrected chi connectivity index (χ3v) is 3.59. The Labute approximate surface area is 133 Å². The number of nitrogens with zero attached hydrogens (tertiary/aromatic N) is 2. The molecule has 5 N–H and O–H groups in total. The maximum Gasteiger partial charge on any atom is 0.221 e. The minimum atomic E-state index is -0.00892. The van der Waals surface area contributed by atoms with Crippen LogP contribution in [0.2, 0.25) is 0 Å². The van der Waals surface area contributed by atoms with Crippen LogP contribution in [0.1, 0.15) is 6.42 Å². The van der Waals surface area contributed by atoms with Crippen LogP contribution in [0.15, 0.2) is 36.5 Å². The fourth-order valence-corrected chi connectivity index (χ4v) is 2.42. The number of aromatic amines is 1. The Balaban J connectivity index is 1.91. The summed E-state index contributed by atoms with van der Waals surface area (Å²) < 4.78 is 0. The molecule has 1 amide bonds. The number of benzene rings is 1. The van der Waals surface area contributed by atoms with E-state index >= 15 is 0 Å². The lowest BCUT2D eigenvalue weighted by molar-refractivity contribution is -0.120. The smallest absolute Gasteiger partial charge is 0.221 e. The average molecular weight is 310 g/mol. The van der Waals surface area contributed by atoms with E-state index < -0.39 is 0 Å². The van der Waals surface area contributed by atoms with Gasteiger partial charge in [-0.3, -0.25) is 9.89 Å². The van der Waals surface area contributed by atoms with Crippen molar-refractivity contribution < 1.29 is 4.79 Å². The largest absolute Gasteiger partial charge is 0.384 e. The Morgan fingerprint density at radius 3 is 2.91 bits per heavy atom. The van der Waals surface area contributed by atoms with E-state index in [0.717, 1.165) is 27.8 Å². The highest BCUT2D eigenvalue weighted by Crippen LogP contribution is 2.28. The SMILES string of the molecule is CNC(=O)CCNc1cc(N)nc2cc(-c3ccn[nH]3)ccc12. The predicted molar refractivity (Wildman–Crippen MR) is 90.9 cm³/mol. The fourth-order valence-electron chi connectivity index (χ4n) is 2.42. The van der Waals surface area contributed by atoms with Gasteiger partial charge in [0.2, 0.25) is 5.91 Å². The Kier molecular flexibility index (Phi) is 4.09. The minimum absolute atomic E-state index is 0.00892. The van der Waals surface area contributed by atoms with Crippen molar-refractivity contribution in [2.24, 2.45) is 0 Å². The molecule has 0 bridgehead atoms. The van der Waals surface area contributed by atoms with Crippen molar-refractivity contribution in [3.05, 3.63) is 36.5 Å². The molecule has 0 aliphatic carbocycles. The van der Waals surface area contributed by atoms with Gasteiger partial charge in [0.05, 0.1) is 11.2 Å². The van der Waals surface area contributed by atoms with Crippen molar-refractivity contribution in [2.75, 3.05) is 24.6 Å². The number of nitrogens with one attached hydrogen (secondary N) is 3. The lowest BCUT2D eigenvalue weighted by Crippen LogP contribution is -2.20.